The second-order valence-electron chi connectivity index (χ2n) is 7.32. The monoisotopic (exact) mass is 568 g/mol. The molecular formula is C23H19BrCl2N2O4S. The first kappa shape index (κ1) is 24.0. The van der Waals surface area contributed by atoms with Gasteiger partial charge in [-0.25, -0.2) is 8.42 Å². The molecule has 1 amide bonds. The molecule has 0 saturated heterocycles. The number of fused-ring (bicyclic) bond motifs is 1. The Bertz CT molecular complexity index is 1290. The minimum absolute atomic E-state index is 0.0750. The van der Waals surface area contributed by atoms with Gasteiger partial charge >= 0.3 is 0 Å². The summed E-state index contributed by atoms with van der Waals surface area (Å²) in [6.07, 6.45) is 0. The number of anilines is 1. The molecule has 0 N–H and O–H groups in total. The Morgan fingerprint density at radius 3 is 2.52 bits per heavy atom. The van der Waals surface area contributed by atoms with Gasteiger partial charge in [0.15, 0.2) is 0 Å². The van der Waals surface area contributed by atoms with Crippen LogP contribution in [0.5, 0.6) is 5.75 Å². The number of halogens is 3. The fourth-order valence-corrected chi connectivity index (χ4v) is 5.59. The van der Waals surface area contributed by atoms with Crippen LogP contribution in [0.4, 0.5) is 5.69 Å². The van der Waals surface area contributed by atoms with Crippen molar-refractivity contribution in [3.63, 3.8) is 0 Å². The largest absolute Gasteiger partial charge is 0.490 e. The molecule has 0 radical (unpaired) electrons. The van der Waals surface area contributed by atoms with E-state index in [0.717, 1.165) is 8.78 Å². The zero-order chi connectivity index (χ0) is 23.6. The summed E-state index contributed by atoms with van der Waals surface area (Å²) in [6.45, 7) is 0.187. The van der Waals surface area contributed by atoms with Crippen molar-refractivity contribution in [3.8, 4) is 5.75 Å². The molecule has 0 aliphatic carbocycles. The topological polar surface area (TPSA) is 66.9 Å². The lowest BCUT2D eigenvalue weighted by atomic mass is 10.2. The fourth-order valence-electron chi connectivity index (χ4n) is 3.49. The summed E-state index contributed by atoms with van der Waals surface area (Å²) in [5, 5.41) is 0.759. The van der Waals surface area contributed by atoms with Crippen molar-refractivity contribution in [2.75, 3.05) is 24.6 Å². The van der Waals surface area contributed by atoms with Crippen molar-refractivity contribution >= 4 is 60.7 Å². The highest BCUT2D eigenvalue weighted by molar-refractivity contribution is 9.10. The van der Waals surface area contributed by atoms with Crippen molar-refractivity contribution < 1.29 is 17.9 Å². The van der Waals surface area contributed by atoms with Crippen molar-refractivity contribution in [2.24, 2.45) is 0 Å². The van der Waals surface area contributed by atoms with Gasteiger partial charge in [-0.1, -0.05) is 57.3 Å². The summed E-state index contributed by atoms with van der Waals surface area (Å²) < 4.78 is 34.6. The highest BCUT2D eigenvalue weighted by Gasteiger charge is 2.31. The average molecular weight is 570 g/mol. The van der Waals surface area contributed by atoms with E-state index < -0.39 is 10.0 Å². The number of hydrogen-bond acceptors (Lipinski definition) is 4. The number of carbonyl (C=O) groups excluding carboxylic acids is 1. The Morgan fingerprint density at radius 2 is 1.79 bits per heavy atom. The second kappa shape index (κ2) is 10.0. The SMILES string of the molecule is O=C(CN(Cc1ccc(Cl)cc1Cl)S(=O)(=O)c1ccc(Br)cc1)N1CCOc2ccccc21. The van der Waals surface area contributed by atoms with E-state index in [1.165, 1.54) is 12.1 Å². The van der Waals surface area contributed by atoms with Gasteiger partial charge in [0, 0.05) is 21.1 Å². The van der Waals surface area contributed by atoms with Crippen LogP contribution in [-0.2, 0) is 21.4 Å². The van der Waals surface area contributed by atoms with Gasteiger partial charge in [0.05, 0.1) is 23.7 Å². The van der Waals surface area contributed by atoms with E-state index in [-0.39, 0.29) is 23.9 Å². The Hall–Kier alpha value is -2.10. The van der Waals surface area contributed by atoms with Crippen LogP contribution in [0.2, 0.25) is 10.0 Å². The number of carbonyl (C=O) groups is 1. The first-order valence-corrected chi connectivity index (χ1v) is 13.0. The smallest absolute Gasteiger partial charge is 0.243 e. The molecule has 0 unspecified atom stereocenters. The Morgan fingerprint density at radius 1 is 1.06 bits per heavy atom. The zero-order valence-corrected chi connectivity index (χ0v) is 21.2. The second-order valence-corrected chi connectivity index (χ2v) is 11.0. The highest BCUT2D eigenvalue weighted by atomic mass is 79.9. The Labute approximate surface area is 210 Å². The number of hydrogen-bond donors (Lipinski definition) is 0. The van der Waals surface area contributed by atoms with Gasteiger partial charge in [0.25, 0.3) is 0 Å². The molecule has 33 heavy (non-hydrogen) atoms. The van der Waals surface area contributed by atoms with E-state index in [9.17, 15) is 13.2 Å². The quantitative estimate of drug-likeness (QED) is 0.400. The average Bonchev–Trinajstić information content (AvgIpc) is 2.80. The molecule has 0 saturated carbocycles. The van der Waals surface area contributed by atoms with Gasteiger partial charge in [0.1, 0.15) is 12.4 Å². The van der Waals surface area contributed by atoms with Crippen LogP contribution in [0.1, 0.15) is 5.56 Å². The molecule has 10 heteroatoms. The molecule has 172 valence electrons. The molecule has 6 nitrogen and oxygen atoms in total. The predicted octanol–water partition coefficient (Wildman–Crippen LogP) is 5.37. The van der Waals surface area contributed by atoms with Crippen LogP contribution in [0.25, 0.3) is 0 Å². The van der Waals surface area contributed by atoms with Gasteiger partial charge in [-0.05, 0) is 54.1 Å². The molecule has 3 aromatic carbocycles. The lowest BCUT2D eigenvalue weighted by molar-refractivity contribution is -0.119. The van der Waals surface area contributed by atoms with Crippen molar-refractivity contribution in [2.45, 2.75) is 11.4 Å². The maximum Gasteiger partial charge on any atom is 0.243 e. The number of nitrogens with zero attached hydrogens (tertiary/aromatic N) is 2. The normalized spacial score (nSPS) is 13.5. The highest BCUT2D eigenvalue weighted by Crippen LogP contribution is 2.32. The minimum atomic E-state index is -4.01. The standard InChI is InChI=1S/C23H19BrCl2N2O4S/c24-17-6-9-19(10-7-17)33(30,31)27(14-16-5-8-18(25)13-20(16)26)15-23(29)28-11-12-32-22-4-2-1-3-21(22)28/h1-10,13H,11-12,14-15H2. The van der Waals surface area contributed by atoms with Crippen molar-refractivity contribution in [3.05, 3.63) is 86.8 Å². The molecule has 4 rings (SSSR count). The van der Waals surface area contributed by atoms with Crippen molar-refractivity contribution in [1.82, 2.24) is 4.31 Å². The molecule has 3 aromatic rings. The zero-order valence-electron chi connectivity index (χ0n) is 17.2. The molecular weight excluding hydrogens is 551 g/mol. The maximum atomic E-state index is 13.5. The summed E-state index contributed by atoms with van der Waals surface area (Å²) in [5.41, 5.74) is 1.15. The summed E-state index contributed by atoms with van der Waals surface area (Å²) in [7, 11) is -4.01. The predicted molar refractivity (Wildman–Crippen MR) is 132 cm³/mol. The van der Waals surface area contributed by atoms with Crippen LogP contribution >= 0.6 is 39.1 Å². The maximum absolute atomic E-state index is 13.5. The number of benzene rings is 3. The summed E-state index contributed by atoms with van der Waals surface area (Å²) >= 11 is 15.6. The number of sulfonamides is 1. The van der Waals surface area contributed by atoms with Gasteiger partial charge < -0.3 is 9.64 Å². The first-order chi connectivity index (χ1) is 15.8. The van der Waals surface area contributed by atoms with Gasteiger partial charge in [-0.15, -0.1) is 0 Å². The number of rotatable bonds is 6. The van der Waals surface area contributed by atoms with Gasteiger partial charge in [-0.2, -0.15) is 4.31 Å². The molecule has 0 fully saturated rings. The molecule has 1 heterocycles. The van der Waals surface area contributed by atoms with Crippen LogP contribution in [0, 0.1) is 0 Å². The van der Waals surface area contributed by atoms with E-state index in [2.05, 4.69) is 15.9 Å². The first-order valence-electron chi connectivity index (χ1n) is 9.97. The van der Waals surface area contributed by atoms with Gasteiger partial charge in [-0.3, -0.25) is 4.79 Å². The van der Waals surface area contributed by atoms with E-state index in [0.29, 0.717) is 40.2 Å². The minimum Gasteiger partial charge on any atom is -0.490 e. The lowest BCUT2D eigenvalue weighted by Crippen LogP contribution is -2.45. The van der Waals surface area contributed by atoms with E-state index in [4.69, 9.17) is 27.9 Å². The van der Waals surface area contributed by atoms with E-state index in [1.807, 2.05) is 6.07 Å². The summed E-state index contributed by atoms with van der Waals surface area (Å²) in [6, 6.07) is 18.3. The molecule has 0 aromatic heterocycles. The van der Waals surface area contributed by atoms with E-state index in [1.54, 1.807) is 53.4 Å². The van der Waals surface area contributed by atoms with Crippen LogP contribution in [0.3, 0.4) is 0 Å². The van der Waals surface area contributed by atoms with Crippen LogP contribution in [0.15, 0.2) is 76.1 Å². The summed E-state index contributed by atoms with van der Waals surface area (Å²) in [4.78, 5) is 15.0. The van der Waals surface area contributed by atoms with Crippen LogP contribution in [-0.4, -0.2) is 38.3 Å². The third kappa shape index (κ3) is 5.36. The number of amides is 1. The molecule has 1 aliphatic rings. The number of para-hydroxylation sites is 2. The van der Waals surface area contributed by atoms with Crippen LogP contribution < -0.4 is 9.64 Å². The molecule has 0 bridgehead atoms. The fraction of sp³-hybridized carbons (Fsp3) is 0.174. The number of ether oxygens (including phenoxy) is 1. The summed E-state index contributed by atoms with van der Waals surface area (Å²) in [5.74, 6) is 0.219. The lowest BCUT2D eigenvalue weighted by Gasteiger charge is -2.31. The molecule has 1 aliphatic heterocycles. The molecule has 0 atom stereocenters. The Balaban J connectivity index is 1.68. The van der Waals surface area contributed by atoms with Crippen molar-refractivity contribution in [1.29, 1.82) is 0 Å². The molecule has 0 spiro atoms. The Kier molecular flexibility index (Phi) is 7.31. The third-order valence-corrected chi connectivity index (χ3v) is 8.08. The van der Waals surface area contributed by atoms with E-state index >= 15 is 0 Å². The third-order valence-electron chi connectivity index (χ3n) is 5.15. The van der Waals surface area contributed by atoms with Gasteiger partial charge in [0.2, 0.25) is 15.9 Å².